The van der Waals surface area contributed by atoms with Crippen LogP contribution in [-0.2, 0) is 22.6 Å². The van der Waals surface area contributed by atoms with Gasteiger partial charge >= 0.3 is 0 Å². The molecule has 2 aliphatic rings. The minimum atomic E-state index is -0.305. The molecule has 1 aromatic heterocycles. The van der Waals surface area contributed by atoms with E-state index in [9.17, 15) is 9.59 Å². The van der Waals surface area contributed by atoms with E-state index >= 15 is 0 Å². The number of amides is 2. The molecule has 0 radical (unpaired) electrons. The Labute approximate surface area is 134 Å². The molecule has 120 valence electrons. The number of aromatic nitrogens is 2. The number of hydrogen-bond acceptors (Lipinski definition) is 5. The Hall–Kier alpha value is -1.50. The summed E-state index contributed by atoms with van der Waals surface area (Å²) >= 11 is 1.53. The number of likely N-dealkylation sites (tertiary alicyclic amines) is 1. The van der Waals surface area contributed by atoms with Crippen LogP contribution in [0.25, 0.3) is 0 Å². The summed E-state index contributed by atoms with van der Waals surface area (Å²) in [6.07, 6.45) is 5.59. The SMILES string of the molecule is CCc1nnc(CNC(=O)[C@@H]2CCCCN2C(=O)C2CC2)s1. The third-order valence-corrected chi connectivity index (χ3v) is 5.31. The summed E-state index contributed by atoms with van der Waals surface area (Å²) in [5.41, 5.74) is 0. The second-order valence-electron chi connectivity index (χ2n) is 5.98. The highest BCUT2D eigenvalue weighted by molar-refractivity contribution is 7.11. The van der Waals surface area contributed by atoms with Gasteiger partial charge in [0.2, 0.25) is 11.8 Å². The molecule has 0 spiro atoms. The van der Waals surface area contributed by atoms with Crippen molar-refractivity contribution in [2.75, 3.05) is 6.54 Å². The summed E-state index contributed by atoms with van der Waals surface area (Å²) in [6, 6.07) is -0.305. The Balaban J connectivity index is 1.58. The van der Waals surface area contributed by atoms with Gasteiger partial charge in [-0.2, -0.15) is 0 Å². The normalized spacial score (nSPS) is 21.7. The quantitative estimate of drug-likeness (QED) is 0.891. The highest BCUT2D eigenvalue weighted by atomic mass is 32.1. The largest absolute Gasteiger partial charge is 0.348 e. The minimum absolute atomic E-state index is 0.0538. The van der Waals surface area contributed by atoms with Crippen molar-refractivity contribution in [2.45, 2.75) is 58.0 Å². The van der Waals surface area contributed by atoms with E-state index in [4.69, 9.17) is 0 Å². The number of piperidine rings is 1. The summed E-state index contributed by atoms with van der Waals surface area (Å²) in [6.45, 7) is 3.15. The molecular formula is C15H22N4O2S. The molecule has 22 heavy (non-hydrogen) atoms. The summed E-state index contributed by atoms with van der Waals surface area (Å²) in [5, 5.41) is 12.8. The number of aryl methyl sites for hydroxylation is 1. The Morgan fingerprint density at radius 3 is 2.68 bits per heavy atom. The standard InChI is InChI=1S/C15H22N4O2S/c1-2-12-17-18-13(22-12)9-16-14(20)11-5-3-4-8-19(11)15(21)10-6-7-10/h10-11H,2-9H2,1H3,(H,16,20)/t11-/m0/s1. The van der Waals surface area contributed by atoms with Crippen LogP contribution in [0.4, 0.5) is 0 Å². The van der Waals surface area contributed by atoms with Gasteiger partial charge in [-0.1, -0.05) is 18.3 Å². The molecule has 1 N–H and O–H groups in total. The molecule has 1 aliphatic carbocycles. The highest BCUT2D eigenvalue weighted by Gasteiger charge is 2.39. The fraction of sp³-hybridized carbons (Fsp3) is 0.733. The Kier molecular flexibility index (Phi) is 4.71. The molecule has 3 rings (SSSR count). The average Bonchev–Trinajstić information content (AvgIpc) is 3.30. The van der Waals surface area contributed by atoms with Crippen LogP contribution in [0, 0.1) is 5.92 Å². The molecule has 7 heteroatoms. The van der Waals surface area contributed by atoms with Crippen LogP contribution in [-0.4, -0.2) is 39.5 Å². The van der Waals surface area contributed by atoms with Gasteiger partial charge in [0, 0.05) is 12.5 Å². The monoisotopic (exact) mass is 322 g/mol. The molecule has 2 heterocycles. The maximum atomic E-state index is 12.5. The number of nitrogens with zero attached hydrogens (tertiary/aromatic N) is 3. The molecule has 1 saturated heterocycles. The third kappa shape index (κ3) is 3.45. The van der Waals surface area contributed by atoms with E-state index in [-0.39, 0.29) is 23.8 Å². The number of hydrogen-bond donors (Lipinski definition) is 1. The predicted molar refractivity (Wildman–Crippen MR) is 83.2 cm³/mol. The first-order chi connectivity index (χ1) is 10.7. The van der Waals surface area contributed by atoms with Crippen molar-refractivity contribution in [1.29, 1.82) is 0 Å². The van der Waals surface area contributed by atoms with E-state index in [0.717, 1.165) is 48.5 Å². The van der Waals surface area contributed by atoms with E-state index in [2.05, 4.69) is 15.5 Å². The fourth-order valence-corrected chi connectivity index (χ4v) is 3.54. The molecule has 0 aromatic carbocycles. The van der Waals surface area contributed by atoms with E-state index in [1.54, 1.807) is 4.90 Å². The van der Waals surface area contributed by atoms with Crippen molar-refractivity contribution in [2.24, 2.45) is 5.92 Å². The number of carbonyl (C=O) groups is 2. The summed E-state index contributed by atoms with van der Waals surface area (Å²) < 4.78 is 0. The van der Waals surface area contributed by atoms with Gasteiger partial charge in [-0.15, -0.1) is 10.2 Å². The van der Waals surface area contributed by atoms with Crippen LogP contribution < -0.4 is 5.32 Å². The van der Waals surface area contributed by atoms with E-state index in [1.165, 1.54) is 11.3 Å². The fourth-order valence-electron chi connectivity index (χ4n) is 2.82. The van der Waals surface area contributed by atoms with Crippen molar-refractivity contribution in [3.63, 3.8) is 0 Å². The maximum Gasteiger partial charge on any atom is 0.243 e. The van der Waals surface area contributed by atoms with Crippen LogP contribution in [0.3, 0.4) is 0 Å². The second-order valence-corrected chi connectivity index (χ2v) is 7.13. The molecule has 6 nitrogen and oxygen atoms in total. The van der Waals surface area contributed by atoms with Gasteiger partial charge in [0.1, 0.15) is 16.1 Å². The summed E-state index contributed by atoms with van der Waals surface area (Å²) in [5.74, 6) is 0.287. The predicted octanol–water partition coefficient (Wildman–Crippen LogP) is 1.51. The molecule has 1 saturated carbocycles. The molecule has 2 fully saturated rings. The lowest BCUT2D eigenvalue weighted by molar-refractivity contribution is -0.143. The molecule has 1 aliphatic heterocycles. The van der Waals surface area contributed by atoms with Crippen LogP contribution in [0.15, 0.2) is 0 Å². The first-order valence-corrected chi connectivity index (χ1v) is 8.90. The Morgan fingerprint density at radius 1 is 1.23 bits per heavy atom. The number of carbonyl (C=O) groups excluding carboxylic acids is 2. The average molecular weight is 322 g/mol. The zero-order valence-corrected chi connectivity index (χ0v) is 13.7. The lowest BCUT2D eigenvalue weighted by atomic mass is 10.0. The van der Waals surface area contributed by atoms with Crippen molar-refractivity contribution in [1.82, 2.24) is 20.4 Å². The van der Waals surface area contributed by atoms with Crippen molar-refractivity contribution >= 4 is 23.2 Å². The van der Waals surface area contributed by atoms with Crippen molar-refractivity contribution in [3.05, 3.63) is 10.0 Å². The number of nitrogens with one attached hydrogen (secondary N) is 1. The van der Waals surface area contributed by atoms with E-state index < -0.39 is 0 Å². The zero-order chi connectivity index (χ0) is 15.5. The minimum Gasteiger partial charge on any atom is -0.348 e. The molecule has 1 aromatic rings. The molecule has 1 atom stereocenters. The van der Waals surface area contributed by atoms with E-state index in [0.29, 0.717) is 13.1 Å². The second kappa shape index (κ2) is 6.73. The van der Waals surface area contributed by atoms with Gasteiger partial charge in [0.15, 0.2) is 0 Å². The van der Waals surface area contributed by atoms with E-state index in [1.807, 2.05) is 6.92 Å². The van der Waals surface area contributed by atoms with Crippen molar-refractivity contribution in [3.8, 4) is 0 Å². The van der Waals surface area contributed by atoms with Gasteiger partial charge in [0.05, 0.1) is 6.54 Å². The molecule has 0 unspecified atom stereocenters. The van der Waals surface area contributed by atoms with Gasteiger partial charge in [-0.3, -0.25) is 9.59 Å². The lowest BCUT2D eigenvalue weighted by Gasteiger charge is -2.34. The molecule has 0 bridgehead atoms. The topological polar surface area (TPSA) is 75.2 Å². The maximum absolute atomic E-state index is 12.5. The first-order valence-electron chi connectivity index (χ1n) is 8.08. The molecule has 2 amide bonds. The highest BCUT2D eigenvalue weighted by Crippen LogP contribution is 2.33. The summed E-state index contributed by atoms with van der Waals surface area (Å²) in [4.78, 5) is 26.6. The third-order valence-electron chi connectivity index (χ3n) is 4.24. The smallest absolute Gasteiger partial charge is 0.243 e. The van der Waals surface area contributed by atoms with Crippen LogP contribution in [0.2, 0.25) is 0 Å². The van der Waals surface area contributed by atoms with Crippen LogP contribution in [0.1, 0.15) is 49.0 Å². The Bertz CT molecular complexity index is 555. The van der Waals surface area contributed by atoms with Gasteiger partial charge in [-0.05, 0) is 38.5 Å². The van der Waals surface area contributed by atoms with Crippen LogP contribution in [0.5, 0.6) is 0 Å². The summed E-state index contributed by atoms with van der Waals surface area (Å²) in [7, 11) is 0. The van der Waals surface area contributed by atoms with Crippen molar-refractivity contribution < 1.29 is 9.59 Å². The first kappa shape index (κ1) is 15.4. The van der Waals surface area contributed by atoms with Gasteiger partial charge in [-0.25, -0.2) is 0 Å². The molecular weight excluding hydrogens is 300 g/mol. The zero-order valence-electron chi connectivity index (χ0n) is 12.9. The lowest BCUT2D eigenvalue weighted by Crippen LogP contribution is -2.52. The number of rotatable bonds is 5. The van der Waals surface area contributed by atoms with Gasteiger partial charge in [0.25, 0.3) is 0 Å². The Morgan fingerprint density at radius 2 is 2.00 bits per heavy atom. The van der Waals surface area contributed by atoms with Crippen LogP contribution >= 0.6 is 11.3 Å². The van der Waals surface area contributed by atoms with Gasteiger partial charge < -0.3 is 10.2 Å².